The molecule has 2 rings (SSSR count). The lowest BCUT2D eigenvalue weighted by Crippen LogP contribution is -2.49. The minimum Gasteiger partial charge on any atom is -0.352 e. The van der Waals surface area contributed by atoms with Crippen LogP contribution in [0.15, 0.2) is 30.3 Å². The molecule has 0 aliphatic heterocycles. The van der Waals surface area contributed by atoms with E-state index in [1.165, 1.54) is 6.42 Å². The maximum Gasteiger partial charge on any atom is 0.239 e. The zero-order valence-corrected chi connectivity index (χ0v) is 12.8. The molecular weight excluding hydrogens is 264 g/mol. The molecular formula is C17H24N2O2. The second kappa shape index (κ2) is 6.74. The molecule has 4 heteroatoms. The number of nitrogens with one attached hydrogen (secondary N) is 2. The van der Waals surface area contributed by atoms with Gasteiger partial charge in [0, 0.05) is 11.7 Å². The molecule has 1 aliphatic carbocycles. The average molecular weight is 288 g/mol. The van der Waals surface area contributed by atoms with Crippen LogP contribution >= 0.6 is 0 Å². The topological polar surface area (TPSA) is 58.2 Å². The van der Waals surface area contributed by atoms with E-state index in [4.69, 9.17) is 0 Å². The molecule has 1 saturated carbocycles. The van der Waals surface area contributed by atoms with E-state index in [0.717, 1.165) is 25.7 Å². The summed E-state index contributed by atoms with van der Waals surface area (Å²) in [5.41, 5.74) is -0.367. The highest BCUT2D eigenvalue weighted by molar-refractivity contribution is 6.09. The molecule has 1 aromatic carbocycles. The van der Waals surface area contributed by atoms with E-state index in [1.807, 2.05) is 30.3 Å². The second-order valence-corrected chi connectivity index (χ2v) is 6.25. The summed E-state index contributed by atoms with van der Waals surface area (Å²) >= 11 is 0. The molecule has 4 nitrogen and oxygen atoms in total. The number of rotatable bonds is 4. The third kappa shape index (κ3) is 4.06. The fourth-order valence-electron chi connectivity index (χ4n) is 2.52. The van der Waals surface area contributed by atoms with Crippen molar-refractivity contribution in [3.8, 4) is 0 Å². The zero-order chi connectivity index (χ0) is 15.3. The van der Waals surface area contributed by atoms with Crippen LogP contribution in [-0.4, -0.2) is 17.9 Å². The van der Waals surface area contributed by atoms with E-state index in [2.05, 4.69) is 10.6 Å². The Labute approximate surface area is 126 Å². The van der Waals surface area contributed by atoms with Crippen LogP contribution in [0, 0.1) is 5.41 Å². The van der Waals surface area contributed by atoms with Crippen LogP contribution in [0.1, 0.15) is 46.0 Å². The summed E-state index contributed by atoms with van der Waals surface area (Å²) in [4.78, 5) is 24.7. The highest BCUT2D eigenvalue weighted by Gasteiger charge is 2.37. The molecule has 0 unspecified atom stereocenters. The van der Waals surface area contributed by atoms with Crippen molar-refractivity contribution in [2.45, 2.75) is 52.0 Å². The summed E-state index contributed by atoms with van der Waals surface area (Å²) in [6.45, 7) is 3.34. The summed E-state index contributed by atoms with van der Waals surface area (Å²) in [6.07, 6.45) is 5.58. The van der Waals surface area contributed by atoms with Gasteiger partial charge in [-0.15, -0.1) is 0 Å². The molecule has 0 spiro atoms. The van der Waals surface area contributed by atoms with Crippen LogP contribution in [0.4, 0.5) is 5.69 Å². The number of para-hydroxylation sites is 1. The van der Waals surface area contributed by atoms with E-state index in [9.17, 15) is 9.59 Å². The molecule has 0 saturated heterocycles. The molecule has 0 heterocycles. The van der Waals surface area contributed by atoms with E-state index in [0.29, 0.717) is 5.69 Å². The Morgan fingerprint density at radius 1 is 1.00 bits per heavy atom. The first kappa shape index (κ1) is 15.5. The lowest BCUT2D eigenvalue weighted by Gasteiger charge is -2.28. The molecule has 114 valence electrons. The second-order valence-electron chi connectivity index (χ2n) is 6.25. The molecule has 1 aliphatic rings. The van der Waals surface area contributed by atoms with Crippen LogP contribution in [0.2, 0.25) is 0 Å². The summed E-state index contributed by atoms with van der Waals surface area (Å²) < 4.78 is 0. The van der Waals surface area contributed by atoms with Crippen LogP contribution in [-0.2, 0) is 9.59 Å². The number of hydrogen-bond acceptors (Lipinski definition) is 2. The molecule has 1 fully saturated rings. The van der Waals surface area contributed by atoms with Crippen molar-refractivity contribution < 1.29 is 9.59 Å². The minimum absolute atomic E-state index is 0.192. The Kier molecular flexibility index (Phi) is 4.99. The van der Waals surface area contributed by atoms with Crippen molar-refractivity contribution >= 4 is 17.5 Å². The smallest absolute Gasteiger partial charge is 0.239 e. The molecule has 0 atom stereocenters. The van der Waals surface area contributed by atoms with Gasteiger partial charge in [-0.1, -0.05) is 37.5 Å². The van der Waals surface area contributed by atoms with Gasteiger partial charge in [-0.05, 0) is 38.8 Å². The number of carbonyl (C=O) groups is 2. The van der Waals surface area contributed by atoms with Crippen molar-refractivity contribution in [1.29, 1.82) is 0 Å². The molecule has 0 radical (unpaired) electrons. The van der Waals surface area contributed by atoms with Crippen LogP contribution in [0.5, 0.6) is 0 Å². The van der Waals surface area contributed by atoms with Crippen LogP contribution in [0.25, 0.3) is 0 Å². The maximum absolute atomic E-state index is 12.4. The average Bonchev–Trinajstić information content (AvgIpc) is 2.49. The molecule has 2 N–H and O–H groups in total. The van der Waals surface area contributed by atoms with Crippen LogP contribution in [0.3, 0.4) is 0 Å². The first-order valence-electron chi connectivity index (χ1n) is 7.67. The fourth-order valence-corrected chi connectivity index (χ4v) is 2.52. The van der Waals surface area contributed by atoms with Gasteiger partial charge < -0.3 is 10.6 Å². The van der Waals surface area contributed by atoms with Gasteiger partial charge in [0.25, 0.3) is 0 Å². The van der Waals surface area contributed by atoms with Crippen molar-refractivity contribution in [2.24, 2.45) is 5.41 Å². The van der Waals surface area contributed by atoms with Gasteiger partial charge in [0.1, 0.15) is 5.41 Å². The predicted octanol–water partition coefficient (Wildman–Crippen LogP) is 3.10. The number of amides is 2. The van der Waals surface area contributed by atoms with Crippen molar-refractivity contribution in [2.75, 3.05) is 5.32 Å². The van der Waals surface area contributed by atoms with Gasteiger partial charge in [-0.3, -0.25) is 9.59 Å². The minimum atomic E-state index is -1.08. The summed E-state index contributed by atoms with van der Waals surface area (Å²) in [7, 11) is 0. The van der Waals surface area contributed by atoms with E-state index >= 15 is 0 Å². The predicted molar refractivity (Wildman–Crippen MR) is 83.9 cm³/mol. The normalized spacial score (nSPS) is 16.3. The highest BCUT2D eigenvalue weighted by atomic mass is 16.2. The van der Waals surface area contributed by atoms with Gasteiger partial charge in [0.2, 0.25) is 11.8 Å². The molecule has 2 amide bonds. The number of carbonyl (C=O) groups excluding carboxylic acids is 2. The third-order valence-corrected chi connectivity index (χ3v) is 4.11. The monoisotopic (exact) mass is 288 g/mol. The quantitative estimate of drug-likeness (QED) is 0.836. The summed E-state index contributed by atoms with van der Waals surface area (Å²) in [6, 6.07) is 9.43. The third-order valence-electron chi connectivity index (χ3n) is 4.11. The SMILES string of the molecule is CC(C)(C(=O)Nc1ccccc1)C(=O)NC1CCCCC1. The fraction of sp³-hybridized carbons (Fsp3) is 0.529. The lowest BCUT2D eigenvalue weighted by molar-refractivity contribution is -0.139. The van der Waals surface area contributed by atoms with E-state index < -0.39 is 5.41 Å². The first-order chi connectivity index (χ1) is 10.00. The number of benzene rings is 1. The largest absolute Gasteiger partial charge is 0.352 e. The van der Waals surface area contributed by atoms with Gasteiger partial charge in [-0.2, -0.15) is 0 Å². The Morgan fingerprint density at radius 2 is 1.62 bits per heavy atom. The molecule has 1 aromatic rings. The van der Waals surface area contributed by atoms with Crippen molar-refractivity contribution in [3.63, 3.8) is 0 Å². The number of hydrogen-bond donors (Lipinski definition) is 2. The Bertz CT molecular complexity index is 491. The standard InChI is InChI=1S/C17H24N2O2/c1-17(2,15(20)18-13-9-5-3-6-10-13)16(21)19-14-11-7-4-8-12-14/h3,5-6,9-10,14H,4,7-8,11-12H2,1-2H3,(H,18,20)(H,19,21). The molecule has 0 bridgehead atoms. The highest BCUT2D eigenvalue weighted by Crippen LogP contribution is 2.22. The van der Waals surface area contributed by atoms with Gasteiger partial charge >= 0.3 is 0 Å². The summed E-state index contributed by atoms with van der Waals surface area (Å²) in [5.74, 6) is -0.468. The van der Waals surface area contributed by atoms with E-state index in [-0.39, 0.29) is 17.9 Å². The first-order valence-corrected chi connectivity index (χ1v) is 7.67. The van der Waals surface area contributed by atoms with Crippen molar-refractivity contribution in [1.82, 2.24) is 5.32 Å². The summed E-state index contributed by atoms with van der Waals surface area (Å²) in [5, 5.41) is 5.83. The molecule has 0 aromatic heterocycles. The van der Waals surface area contributed by atoms with E-state index in [1.54, 1.807) is 13.8 Å². The van der Waals surface area contributed by atoms with Crippen molar-refractivity contribution in [3.05, 3.63) is 30.3 Å². The van der Waals surface area contributed by atoms with Crippen LogP contribution < -0.4 is 10.6 Å². The Balaban J connectivity index is 1.95. The lowest BCUT2D eigenvalue weighted by atomic mass is 9.88. The maximum atomic E-state index is 12.4. The van der Waals surface area contributed by atoms with Gasteiger partial charge in [0.15, 0.2) is 0 Å². The van der Waals surface area contributed by atoms with Gasteiger partial charge in [0.05, 0.1) is 0 Å². The Morgan fingerprint density at radius 3 is 2.24 bits per heavy atom. The number of anilines is 1. The zero-order valence-electron chi connectivity index (χ0n) is 12.8. The van der Waals surface area contributed by atoms with Gasteiger partial charge in [-0.25, -0.2) is 0 Å². The molecule has 21 heavy (non-hydrogen) atoms. The Hall–Kier alpha value is -1.84.